The van der Waals surface area contributed by atoms with Crippen molar-refractivity contribution in [1.82, 2.24) is 19.9 Å². The zero-order valence-electron chi connectivity index (χ0n) is 15.4. The van der Waals surface area contributed by atoms with Crippen LogP contribution in [-0.4, -0.2) is 27.0 Å². The fourth-order valence-electron chi connectivity index (χ4n) is 2.79. The summed E-state index contributed by atoms with van der Waals surface area (Å²) in [6.45, 7) is 6.59. The van der Waals surface area contributed by atoms with Crippen LogP contribution in [0.2, 0.25) is 0 Å². The zero-order chi connectivity index (χ0) is 20.1. The molecule has 0 unspecified atom stereocenters. The topological polar surface area (TPSA) is 89.0 Å². The summed E-state index contributed by atoms with van der Waals surface area (Å²) in [5, 5.41) is 3.30. The molecule has 144 valence electrons. The maximum Gasteiger partial charge on any atom is 0.262 e. The molecule has 0 aliphatic rings. The van der Waals surface area contributed by atoms with Crippen LogP contribution >= 0.6 is 12.2 Å². The smallest absolute Gasteiger partial charge is 0.262 e. The number of hydrogen-bond donors (Lipinski definition) is 2. The SMILES string of the molecule is C=CCn1c(=S)[nH]c2cc(C(=O)NCc3cccnc3OCC)ccc2c1=O. The summed E-state index contributed by atoms with van der Waals surface area (Å²) in [6, 6.07) is 8.48. The van der Waals surface area contributed by atoms with Gasteiger partial charge >= 0.3 is 0 Å². The number of fused-ring (bicyclic) bond motifs is 1. The highest BCUT2D eigenvalue weighted by molar-refractivity contribution is 7.71. The molecule has 0 radical (unpaired) electrons. The molecular weight excluding hydrogens is 376 g/mol. The Labute approximate surface area is 166 Å². The van der Waals surface area contributed by atoms with Crippen molar-refractivity contribution < 1.29 is 9.53 Å². The van der Waals surface area contributed by atoms with E-state index in [0.717, 1.165) is 5.56 Å². The first kappa shape index (κ1) is 19.5. The van der Waals surface area contributed by atoms with Gasteiger partial charge in [0.25, 0.3) is 11.5 Å². The molecular formula is C20H20N4O3S. The molecule has 0 spiro atoms. The zero-order valence-corrected chi connectivity index (χ0v) is 16.2. The Balaban J connectivity index is 1.85. The molecule has 2 heterocycles. The molecule has 0 aliphatic carbocycles. The lowest BCUT2D eigenvalue weighted by atomic mass is 10.1. The van der Waals surface area contributed by atoms with Crippen LogP contribution < -0.4 is 15.6 Å². The molecule has 0 saturated heterocycles. The van der Waals surface area contributed by atoms with Gasteiger partial charge in [-0.25, -0.2) is 4.98 Å². The summed E-state index contributed by atoms with van der Waals surface area (Å²) >= 11 is 5.23. The number of pyridine rings is 1. The van der Waals surface area contributed by atoms with Crippen LogP contribution in [0.15, 0.2) is 54.0 Å². The van der Waals surface area contributed by atoms with Crippen LogP contribution in [0.25, 0.3) is 10.9 Å². The predicted molar refractivity (Wildman–Crippen MR) is 110 cm³/mol. The number of allylic oxidation sites excluding steroid dienone is 1. The Kier molecular flexibility index (Phi) is 6.00. The molecule has 1 aromatic carbocycles. The van der Waals surface area contributed by atoms with Gasteiger partial charge < -0.3 is 15.0 Å². The second kappa shape index (κ2) is 8.62. The highest BCUT2D eigenvalue weighted by Crippen LogP contribution is 2.15. The van der Waals surface area contributed by atoms with Crippen LogP contribution in [0.3, 0.4) is 0 Å². The predicted octanol–water partition coefficient (Wildman–Crippen LogP) is 2.97. The number of carbonyl (C=O) groups excluding carboxylic acids is 1. The summed E-state index contributed by atoms with van der Waals surface area (Å²) in [7, 11) is 0. The van der Waals surface area contributed by atoms with Gasteiger partial charge in [-0.2, -0.15) is 0 Å². The monoisotopic (exact) mass is 396 g/mol. The van der Waals surface area contributed by atoms with E-state index in [2.05, 4.69) is 21.9 Å². The van der Waals surface area contributed by atoms with Crippen molar-refractivity contribution in [2.45, 2.75) is 20.0 Å². The van der Waals surface area contributed by atoms with Crippen molar-refractivity contribution in [2.75, 3.05) is 6.61 Å². The number of aromatic amines is 1. The summed E-state index contributed by atoms with van der Waals surface area (Å²) in [5.41, 5.74) is 1.49. The quantitative estimate of drug-likeness (QED) is 0.473. The van der Waals surface area contributed by atoms with Crippen molar-refractivity contribution in [2.24, 2.45) is 0 Å². The highest BCUT2D eigenvalue weighted by Gasteiger charge is 2.11. The number of H-pyrrole nitrogens is 1. The van der Waals surface area contributed by atoms with Gasteiger partial charge in [-0.1, -0.05) is 12.1 Å². The molecule has 2 N–H and O–H groups in total. The van der Waals surface area contributed by atoms with E-state index in [1.54, 1.807) is 36.5 Å². The average Bonchev–Trinajstić information content (AvgIpc) is 2.70. The van der Waals surface area contributed by atoms with E-state index in [0.29, 0.717) is 35.5 Å². The second-order valence-electron chi connectivity index (χ2n) is 5.98. The molecule has 0 saturated carbocycles. The fraction of sp³-hybridized carbons (Fsp3) is 0.200. The summed E-state index contributed by atoms with van der Waals surface area (Å²) in [6.07, 6.45) is 3.24. The van der Waals surface area contributed by atoms with Crippen molar-refractivity contribution >= 4 is 29.0 Å². The largest absolute Gasteiger partial charge is 0.478 e. The van der Waals surface area contributed by atoms with Crippen molar-refractivity contribution in [3.05, 3.63) is 75.4 Å². The Morgan fingerprint density at radius 3 is 3.00 bits per heavy atom. The minimum absolute atomic E-state index is 0.220. The first-order chi connectivity index (χ1) is 13.5. The maximum absolute atomic E-state index is 12.6. The lowest BCUT2D eigenvalue weighted by Crippen LogP contribution is -2.24. The van der Waals surface area contributed by atoms with Crippen LogP contribution in [0, 0.1) is 4.77 Å². The van der Waals surface area contributed by atoms with Crippen LogP contribution in [0.5, 0.6) is 5.88 Å². The van der Waals surface area contributed by atoms with Gasteiger partial charge in [-0.15, -0.1) is 6.58 Å². The van der Waals surface area contributed by atoms with Gasteiger partial charge in [-0.05, 0) is 43.4 Å². The van der Waals surface area contributed by atoms with E-state index in [4.69, 9.17) is 17.0 Å². The molecule has 8 heteroatoms. The number of hydrogen-bond acceptors (Lipinski definition) is 5. The average molecular weight is 396 g/mol. The van der Waals surface area contributed by atoms with Gasteiger partial charge in [0.2, 0.25) is 5.88 Å². The summed E-state index contributed by atoms with van der Waals surface area (Å²) in [5.74, 6) is 0.221. The van der Waals surface area contributed by atoms with E-state index in [9.17, 15) is 9.59 Å². The van der Waals surface area contributed by atoms with Gasteiger partial charge in [0, 0.05) is 30.4 Å². The number of rotatable bonds is 7. The standard InChI is InChI=1S/C20H20N4O3S/c1-3-10-24-19(26)15-8-7-13(11-16(15)23-20(24)28)17(25)22-12-14-6-5-9-21-18(14)27-4-2/h3,5-9,11H,1,4,10,12H2,2H3,(H,22,25)(H,23,28). The number of amides is 1. The van der Waals surface area contributed by atoms with E-state index < -0.39 is 0 Å². The Morgan fingerprint density at radius 1 is 1.43 bits per heavy atom. The number of benzene rings is 1. The fourth-order valence-corrected chi connectivity index (χ4v) is 3.06. The number of nitrogens with zero attached hydrogens (tertiary/aromatic N) is 2. The van der Waals surface area contributed by atoms with Gasteiger partial charge in [-0.3, -0.25) is 14.2 Å². The molecule has 0 aliphatic heterocycles. The van der Waals surface area contributed by atoms with Crippen molar-refractivity contribution in [3.63, 3.8) is 0 Å². The number of nitrogens with one attached hydrogen (secondary N) is 2. The molecule has 3 aromatic rings. The molecule has 1 amide bonds. The molecule has 28 heavy (non-hydrogen) atoms. The van der Waals surface area contributed by atoms with E-state index in [1.807, 2.05) is 13.0 Å². The third-order valence-electron chi connectivity index (χ3n) is 4.13. The molecule has 3 rings (SSSR count). The maximum atomic E-state index is 12.6. The van der Waals surface area contributed by atoms with Crippen LogP contribution in [0.4, 0.5) is 0 Å². The Bertz CT molecular complexity index is 1150. The Hall–Kier alpha value is -3.26. The molecule has 2 aromatic heterocycles. The molecule has 7 nitrogen and oxygen atoms in total. The minimum Gasteiger partial charge on any atom is -0.478 e. The minimum atomic E-state index is -0.275. The van der Waals surface area contributed by atoms with E-state index >= 15 is 0 Å². The number of aromatic nitrogens is 3. The lowest BCUT2D eigenvalue weighted by molar-refractivity contribution is 0.0950. The van der Waals surface area contributed by atoms with Crippen molar-refractivity contribution in [3.8, 4) is 5.88 Å². The van der Waals surface area contributed by atoms with Gasteiger partial charge in [0.15, 0.2) is 4.77 Å². The van der Waals surface area contributed by atoms with Crippen LogP contribution in [-0.2, 0) is 13.1 Å². The van der Waals surface area contributed by atoms with Crippen molar-refractivity contribution in [1.29, 1.82) is 0 Å². The third kappa shape index (κ3) is 4.01. The van der Waals surface area contributed by atoms with Gasteiger partial charge in [0.05, 0.1) is 17.5 Å². The molecule has 0 atom stereocenters. The normalized spacial score (nSPS) is 10.6. The third-order valence-corrected chi connectivity index (χ3v) is 4.45. The molecule has 0 bridgehead atoms. The first-order valence-corrected chi connectivity index (χ1v) is 9.18. The Morgan fingerprint density at radius 2 is 2.25 bits per heavy atom. The first-order valence-electron chi connectivity index (χ1n) is 8.77. The van der Waals surface area contributed by atoms with Gasteiger partial charge in [0.1, 0.15) is 0 Å². The second-order valence-corrected chi connectivity index (χ2v) is 6.37. The van der Waals surface area contributed by atoms with Crippen LogP contribution in [0.1, 0.15) is 22.8 Å². The number of carbonyl (C=O) groups is 1. The summed E-state index contributed by atoms with van der Waals surface area (Å²) in [4.78, 5) is 32.3. The highest BCUT2D eigenvalue weighted by atomic mass is 32.1. The molecule has 0 fully saturated rings. The lowest BCUT2D eigenvalue weighted by Gasteiger charge is -2.10. The number of ether oxygens (including phenoxy) is 1. The van der Waals surface area contributed by atoms with E-state index in [-0.39, 0.29) is 22.8 Å². The summed E-state index contributed by atoms with van der Waals surface area (Å²) < 4.78 is 7.17. The van der Waals surface area contributed by atoms with E-state index in [1.165, 1.54) is 4.57 Å².